The van der Waals surface area contributed by atoms with Crippen LogP contribution in [0.15, 0.2) is 0 Å². The second-order valence-electron chi connectivity index (χ2n) is 4.62. The van der Waals surface area contributed by atoms with Crippen molar-refractivity contribution >= 4 is 7.41 Å². The van der Waals surface area contributed by atoms with Crippen LogP contribution in [0.4, 0.5) is 0 Å². The Labute approximate surface area is 65.1 Å². The first-order valence-electron chi connectivity index (χ1n) is 4.69. The summed E-state index contributed by atoms with van der Waals surface area (Å²) >= 11 is 0. The first-order chi connectivity index (χ1) is 4.61. The summed E-state index contributed by atoms with van der Waals surface area (Å²) in [7, 11) is 0.267. The third kappa shape index (κ3) is 2.01. The molecule has 0 unspecified atom stereocenters. The minimum absolute atomic E-state index is 0.267. The molecule has 0 aromatic carbocycles. The summed E-state index contributed by atoms with van der Waals surface area (Å²) < 4.78 is 0. The molecule has 1 saturated heterocycles. The van der Waals surface area contributed by atoms with Crippen molar-refractivity contribution in [3.8, 4) is 0 Å². The molecule has 0 aliphatic carbocycles. The second-order valence-corrected chi connectivity index (χ2v) is 4.62. The van der Waals surface area contributed by atoms with E-state index in [-0.39, 0.29) is 7.41 Å². The monoisotopic (exact) mass is 140 g/mol. The van der Waals surface area contributed by atoms with Crippen molar-refractivity contribution in [1.82, 2.24) is 4.81 Å². The molecule has 1 fully saturated rings. The molecule has 10 heavy (non-hydrogen) atoms. The van der Waals surface area contributed by atoms with E-state index in [1.54, 1.807) is 0 Å². The van der Waals surface area contributed by atoms with Crippen LogP contribution in [0.1, 0.15) is 33.6 Å². The molecule has 0 atom stereocenters. The molecule has 1 aliphatic rings. The molecule has 1 nitrogen and oxygen atoms in total. The summed E-state index contributed by atoms with van der Waals surface area (Å²) in [5.74, 6) is 0. The van der Waals surface area contributed by atoms with Gasteiger partial charge in [0, 0.05) is 7.41 Å². The second kappa shape index (κ2) is 2.95. The number of hydrogen-bond donors (Lipinski definition) is 0. The highest BCUT2D eigenvalue weighted by molar-refractivity contribution is 6.32. The summed E-state index contributed by atoms with van der Waals surface area (Å²) in [6.45, 7) is 8.37. The summed E-state index contributed by atoms with van der Waals surface area (Å²) in [5, 5.41) is 0. The van der Waals surface area contributed by atoms with Gasteiger partial charge in [0.2, 0.25) is 0 Å². The maximum absolute atomic E-state index is 2.70. The third-order valence-corrected chi connectivity index (χ3v) is 2.85. The highest BCUT2D eigenvalue weighted by Crippen LogP contribution is 2.18. The van der Waals surface area contributed by atoms with Gasteiger partial charge in [-0.3, -0.25) is 0 Å². The fraction of sp³-hybridized carbons (Fsp3) is 1.00. The van der Waals surface area contributed by atoms with Gasteiger partial charge in [-0.2, -0.15) is 6.32 Å². The standard InChI is InChI=1S/C8H19BN/c1-8(2,3)10-7-5-4-6-9-10/h4-7,9H2,1-3H3/q-1. The molecule has 60 valence electrons. The van der Waals surface area contributed by atoms with Crippen LogP contribution < -0.4 is 0 Å². The van der Waals surface area contributed by atoms with Crippen molar-refractivity contribution in [1.29, 1.82) is 0 Å². The predicted octanol–water partition coefficient (Wildman–Crippen LogP) is 1.38. The molecule has 1 heterocycles. The highest BCUT2D eigenvalue weighted by Gasteiger charge is 2.16. The van der Waals surface area contributed by atoms with Crippen LogP contribution in [0.5, 0.6) is 0 Å². The van der Waals surface area contributed by atoms with Gasteiger partial charge in [0.05, 0.1) is 0 Å². The largest absolute Gasteiger partial charge is 0.476 e. The maximum Gasteiger partial charge on any atom is 0.0316 e. The summed E-state index contributed by atoms with van der Waals surface area (Å²) in [4.78, 5) is 2.70. The molecule has 0 N–H and O–H groups in total. The van der Waals surface area contributed by atoms with E-state index < -0.39 is 0 Å². The Hall–Kier alpha value is 0.0249. The van der Waals surface area contributed by atoms with Crippen LogP contribution >= 0.6 is 0 Å². The van der Waals surface area contributed by atoms with E-state index in [1.807, 2.05) is 0 Å². The molecule has 0 amide bonds. The summed E-state index contributed by atoms with van der Waals surface area (Å²) in [6, 6.07) is 0. The van der Waals surface area contributed by atoms with Crippen LogP contribution in [-0.4, -0.2) is 24.3 Å². The van der Waals surface area contributed by atoms with Gasteiger partial charge >= 0.3 is 0 Å². The van der Waals surface area contributed by atoms with E-state index in [4.69, 9.17) is 0 Å². The lowest BCUT2D eigenvalue weighted by molar-refractivity contribution is 0.240. The van der Waals surface area contributed by atoms with E-state index in [0.717, 1.165) is 0 Å². The van der Waals surface area contributed by atoms with Gasteiger partial charge in [-0.05, 0) is 18.5 Å². The van der Waals surface area contributed by atoms with Crippen LogP contribution in [0, 0.1) is 0 Å². The Morgan fingerprint density at radius 1 is 1.20 bits per heavy atom. The van der Waals surface area contributed by atoms with Gasteiger partial charge in [-0.25, -0.2) is 0 Å². The average Bonchev–Trinajstić information content (AvgIpc) is 1.88. The van der Waals surface area contributed by atoms with E-state index in [0.29, 0.717) is 5.54 Å². The molecule has 0 radical (unpaired) electrons. The van der Waals surface area contributed by atoms with Crippen LogP contribution in [-0.2, 0) is 0 Å². The molecular weight excluding hydrogens is 121 g/mol. The first kappa shape index (κ1) is 8.12. The van der Waals surface area contributed by atoms with E-state index in [2.05, 4.69) is 25.6 Å². The molecule has 0 saturated carbocycles. The molecule has 0 aromatic rings. The minimum Gasteiger partial charge on any atom is -0.476 e. The third-order valence-electron chi connectivity index (χ3n) is 2.85. The zero-order valence-corrected chi connectivity index (χ0v) is 7.78. The quantitative estimate of drug-likeness (QED) is 0.459. The normalized spacial score (nSPS) is 23.1. The number of nitrogens with zero attached hydrogens (tertiary/aromatic N) is 1. The van der Waals surface area contributed by atoms with Crippen molar-refractivity contribution in [3.05, 3.63) is 0 Å². The van der Waals surface area contributed by atoms with Gasteiger partial charge < -0.3 is 4.81 Å². The lowest BCUT2D eigenvalue weighted by Crippen LogP contribution is -2.46. The van der Waals surface area contributed by atoms with Crippen LogP contribution in [0.3, 0.4) is 0 Å². The van der Waals surface area contributed by atoms with Crippen molar-refractivity contribution in [3.63, 3.8) is 0 Å². The predicted molar refractivity (Wildman–Crippen MR) is 49.0 cm³/mol. The van der Waals surface area contributed by atoms with Gasteiger partial charge in [0.15, 0.2) is 0 Å². The molecule has 1 rings (SSSR count). The van der Waals surface area contributed by atoms with Crippen LogP contribution in [0.2, 0.25) is 6.32 Å². The zero-order chi connectivity index (χ0) is 7.61. The average molecular weight is 140 g/mol. The molecule has 0 aromatic heterocycles. The Balaban J connectivity index is 2.39. The summed E-state index contributed by atoms with van der Waals surface area (Å²) in [5.41, 5.74) is 0.459. The Kier molecular flexibility index (Phi) is 2.40. The smallest absolute Gasteiger partial charge is 0.0316 e. The first-order valence-corrected chi connectivity index (χ1v) is 4.69. The maximum atomic E-state index is 2.70. The number of hydrogen-bond acceptors (Lipinski definition) is 1. The lowest BCUT2D eigenvalue weighted by atomic mass is 9.76. The topological polar surface area (TPSA) is 3.24 Å². The molecule has 0 spiro atoms. The van der Waals surface area contributed by atoms with E-state index in [1.165, 1.54) is 25.7 Å². The van der Waals surface area contributed by atoms with Gasteiger partial charge in [-0.1, -0.05) is 27.2 Å². The van der Waals surface area contributed by atoms with Crippen molar-refractivity contribution in [2.45, 2.75) is 45.5 Å². The fourth-order valence-electron chi connectivity index (χ4n) is 1.99. The SMILES string of the molecule is CC(C)(C)N1[BH2-]CCCC1. The van der Waals surface area contributed by atoms with E-state index in [9.17, 15) is 0 Å². The Morgan fingerprint density at radius 2 is 1.90 bits per heavy atom. The zero-order valence-electron chi connectivity index (χ0n) is 7.78. The van der Waals surface area contributed by atoms with Crippen molar-refractivity contribution in [2.24, 2.45) is 0 Å². The summed E-state index contributed by atoms with van der Waals surface area (Å²) in [6.07, 6.45) is 4.45. The van der Waals surface area contributed by atoms with Gasteiger partial charge in [0.1, 0.15) is 0 Å². The lowest BCUT2D eigenvalue weighted by Gasteiger charge is -2.45. The Bertz CT molecular complexity index is 100. The Morgan fingerprint density at radius 3 is 2.20 bits per heavy atom. The molecule has 0 bridgehead atoms. The van der Waals surface area contributed by atoms with Crippen LogP contribution in [0.25, 0.3) is 0 Å². The molecule has 2 heteroatoms. The van der Waals surface area contributed by atoms with Gasteiger partial charge in [-0.15, -0.1) is 0 Å². The number of rotatable bonds is 0. The minimum atomic E-state index is 0.267. The molecular formula is C8H19BN-. The van der Waals surface area contributed by atoms with E-state index >= 15 is 0 Å². The van der Waals surface area contributed by atoms with Crippen molar-refractivity contribution in [2.75, 3.05) is 6.54 Å². The molecule has 1 aliphatic heterocycles. The van der Waals surface area contributed by atoms with Gasteiger partial charge in [0.25, 0.3) is 0 Å². The fourth-order valence-corrected chi connectivity index (χ4v) is 1.99. The highest BCUT2D eigenvalue weighted by atomic mass is 15.1. The van der Waals surface area contributed by atoms with Crippen molar-refractivity contribution < 1.29 is 0 Å².